The molecule has 1 aromatic heterocycles. The van der Waals surface area contributed by atoms with Crippen LogP contribution in [0.4, 0.5) is 0 Å². The molecule has 7 nitrogen and oxygen atoms in total. The van der Waals surface area contributed by atoms with Crippen molar-refractivity contribution in [2.45, 2.75) is 0 Å². The van der Waals surface area contributed by atoms with Gasteiger partial charge in [0.25, 0.3) is 11.8 Å². The maximum absolute atomic E-state index is 12.8. The molecule has 0 saturated carbocycles. The van der Waals surface area contributed by atoms with E-state index >= 15 is 0 Å². The average molecular weight is 396 g/mol. The lowest BCUT2D eigenvalue weighted by molar-refractivity contribution is 0.0535. The first-order valence-corrected chi connectivity index (χ1v) is 9.29. The Labute approximate surface area is 167 Å². The zero-order valence-corrected chi connectivity index (χ0v) is 15.8. The van der Waals surface area contributed by atoms with Crippen LogP contribution in [0, 0.1) is 0 Å². The Morgan fingerprint density at radius 3 is 1.75 bits per heavy atom. The summed E-state index contributed by atoms with van der Waals surface area (Å²) in [4.78, 5) is 32.8. The van der Waals surface area contributed by atoms with E-state index in [1.54, 1.807) is 57.2 Å². The fourth-order valence-corrected chi connectivity index (χ4v) is 3.29. The molecule has 8 heteroatoms. The minimum Gasteiger partial charge on any atom is -0.335 e. The lowest BCUT2D eigenvalue weighted by Crippen LogP contribution is -2.50. The van der Waals surface area contributed by atoms with Gasteiger partial charge in [-0.15, -0.1) is 0 Å². The number of piperazine rings is 1. The highest BCUT2D eigenvalue weighted by Crippen LogP contribution is 2.15. The van der Waals surface area contributed by atoms with Crippen molar-refractivity contribution < 1.29 is 9.59 Å². The van der Waals surface area contributed by atoms with Crippen molar-refractivity contribution in [2.75, 3.05) is 26.2 Å². The van der Waals surface area contributed by atoms with Crippen LogP contribution in [0.5, 0.6) is 0 Å². The quantitative estimate of drug-likeness (QED) is 0.683. The van der Waals surface area contributed by atoms with Gasteiger partial charge in [0.05, 0.1) is 5.69 Å². The van der Waals surface area contributed by atoms with Crippen LogP contribution in [-0.2, 0) is 0 Å². The van der Waals surface area contributed by atoms with Gasteiger partial charge >= 0.3 is 0 Å². The van der Waals surface area contributed by atoms with Crippen LogP contribution in [0.25, 0.3) is 5.69 Å². The molecule has 1 aliphatic rings. The van der Waals surface area contributed by atoms with Gasteiger partial charge in [0.1, 0.15) is 12.7 Å². The normalized spacial score (nSPS) is 14.2. The van der Waals surface area contributed by atoms with E-state index in [-0.39, 0.29) is 11.8 Å². The Morgan fingerprint density at radius 2 is 1.29 bits per heavy atom. The predicted molar refractivity (Wildman–Crippen MR) is 105 cm³/mol. The van der Waals surface area contributed by atoms with Crippen molar-refractivity contribution in [2.24, 2.45) is 0 Å². The highest BCUT2D eigenvalue weighted by atomic mass is 35.5. The first-order valence-electron chi connectivity index (χ1n) is 8.91. The number of nitrogens with zero attached hydrogens (tertiary/aromatic N) is 5. The molecular formula is C20H18ClN5O2. The van der Waals surface area contributed by atoms with Crippen molar-refractivity contribution in [1.82, 2.24) is 24.6 Å². The van der Waals surface area contributed by atoms with Crippen molar-refractivity contribution in [1.29, 1.82) is 0 Å². The Bertz CT molecular complexity index is 963. The van der Waals surface area contributed by atoms with Crippen molar-refractivity contribution >= 4 is 23.4 Å². The third-order valence-corrected chi connectivity index (χ3v) is 4.99. The Balaban J connectivity index is 1.37. The van der Waals surface area contributed by atoms with Gasteiger partial charge in [-0.2, -0.15) is 5.10 Å². The number of rotatable bonds is 3. The molecule has 28 heavy (non-hydrogen) atoms. The molecular weight excluding hydrogens is 378 g/mol. The predicted octanol–water partition coefficient (Wildman–Crippen LogP) is 2.52. The van der Waals surface area contributed by atoms with E-state index in [1.165, 1.54) is 6.33 Å². The number of carbonyl (C=O) groups excluding carboxylic acids is 2. The monoisotopic (exact) mass is 395 g/mol. The van der Waals surface area contributed by atoms with Crippen LogP contribution in [0.3, 0.4) is 0 Å². The molecule has 0 radical (unpaired) electrons. The summed E-state index contributed by atoms with van der Waals surface area (Å²) in [6.45, 7) is 2.01. The molecule has 0 bridgehead atoms. The molecule has 2 amide bonds. The van der Waals surface area contributed by atoms with Gasteiger partial charge < -0.3 is 9.80 Å². The molecule has 0 N–H and O–H groups in total. The van der Waals surface area contributed by atoms with E-state index in [2.05, 4.69) is 10.1 Å². The fraction of sp³-hybridized carbons (Fsp3) is 0.200. The van der Waals surface area contributed by atoms with Gasteiger partial charge in [-0.05, 0) is 48.5 Å². The van der Waals surface area contributed by atoms with Gasteiger partial charge in [0.15, 0.2) is 0 Å². The maximum atomic E-state index is 12.8. The van der Waals surface area contributed by atoms with Crippen LogP contribution in [0.1, 0.15) is 20.7 Å². The summed E-state index contributed by atoms with van der Waals surface area (Å²) >= 11 is 5.88. The summed E-state index contributed by atoms with van der Waals surface area (Å²) < 4.78 is 1.63. The SMILES string of the molecule is O=C(c1ccc(Cl)cc1)N1CCN(C(=O)c2ccc(-n3cncn3)cc2)CC1. The molecule has 2 aromatic carbocycles. The number of halogens is 1. The summed E-state index contributed by atoms with van der Waals surface area (Å²) in [7, 11) is 0. The largest absolute Gasteiger partial charge is 0.335 e. The van der Waals surface area contributed by atoms with Crippen molar-refractivity contribution in [3.63, 3.8) is 0 Å². The Hall–Kier alpha value is -3.19. The topological polar surface area (TPSA) is 71.3 Å². The van der Waals surface area contributed by atoms with Gasteiger partial charge in [-0.25, -0.2) is 9.67 Å². The van der Waals surface area contributed by atoms with E-state index in [9.17, 15) is 9.59 Å². The van der Waals surface area contributed by atoms with Crippen LogP contribution in [-0.4, -0.2) is 62.6 Å². The second kappa shape index (κ2) is 7.82. The van der Waals surface area contributed by atoms with Crippen LogP contribution < -0.4 is 0 Å². The Kier molecular flexibility index (Phi) is 5.08. The molecule has 4 rings (SSSR count). The van der Waals surface area contributed by atoms with Crippen LogP contribution in [0.15, 0.2) is 61.2 Å². The molecule has 1 fully saturated rings. The van der Waals surface area contributed by atoms with E-state index < -0.39 is 0 Å². The lowest BCUT2D eigenvalue weighted by Gasteiger charge is -2.35. The number of hydrogen-bond acceptors (Lipinski definition) is 4. The summed E-state index contributed by atoms with van der Waals surface area (Å²) in [5, 5.41) is 4.67. The highest BCUT2D eigenvalue weighted by Gasteiger charge is 2.25. The molecule has 0 aliphatic carbocycles. The van der Waals surface area contributed by atoms with Gasteiger partial charge in [0, 0.05) is 42.3 Å². The third-order valence-electron chi connectivity index (χ3n) is 4.74. The molecule has 0 atom stereocenters. The summed E-state index contributed by atoms with van der Waals surface area (Å²) in [5.41, 5.74) is 2.06. The minimum absolute atomic E-state index is 0.0382. The zero-order chi connectivity index (χ0) is 19.5. The molecule has 0 spiro atoms. The summed E-state index contributed by atoms with van der Waals surface area (Å²) in [6.07, 6.45) is 3.07. The number of aromatic nitrogens is 3. The van der Waals surface area contributed by atoms with Crippen molar-refractivity contribution in [3.05, 3.63) is 77.3 Å². The second-order valence-corrected chi connectivity index (χ2v) is 6.91. The van der Waals surface area contributed by atoms with Gasteiger partial charge in [-0.3, -0.25) is 9.59 Å². The first-order chi connectivity index (χ1) is 13.6. The van der Waals surface area contributed by atoms with Gasteiger partial charge in [0.2, 0.25) is 0 Å². The van der Waals surface area contributed by atoms with E-state index in [1.807, 2.05) is 12.1 Å². The zero-order valence-electron chi connectivity index (χ0n) is 15.0. The Morgan fingerprint density at radius 1 is 0.786 bits per heavy atom. The fourth-order valence-electron chi connectivity index (χ4n) is 3.17. The molecule has 142 valence electrons. The molecule has 0 unspecified atom stereocenters. The number of benzene rings is 2. The van der Waals surface area contributed by atoms with Crippen LogP contribution in [0.2, 0.25) is 5.02 Å². The molecule has 1 saturated heterocycles. The first kappa shape index (κ1) is 18.2. The minimum atomic E-state index is -0.0408. The van der Waals surface area contributed by atoms with Crippen molar-refractivity contribution in [3.8, 4) is 5.69 Å². The number of carbonyl (C=O) groups is 2. The van der Waals surface area contributed by atoms with Crippen LogP contribution >= 0.6 is 11.6 Å². The lowest BCUT2D eigenvalue weighted by atomic mass is 10.1. The highest BCUT2D eigenvalue weighted by molar-refractivity contribution is 6.30. The van der Waals surface area contributed by atoms with E-state index in [4.69, 9.17) is 11.6 Å². The smallest absolute Gasteiger partial charge is 0.253 e. The molecule has 1 aliphatic heterocycles. The third kappa shape index (κ3) is 3.75. The second-order valence-electron chi connectivity index (χ2n) is 6.48. The van der Waals surface area contributed by atoms with E-state index in [0.29, 0.717) is 42.3 Å². The maximum Gasteiger partial charge on any atom is 0.253 e. The number of amides is 2. The van der Waals surface area contributed by atoms with E-state index in [0.717, 1.165) is 5.69 Å². The summed E-state index contributed by atoms with van der Waals surface area (Å²) in [5.74, 6) is -0.0790. The average Bonchev–Trinajstić information content (AvgIpc) is 3.28. The number of hydrogen-bond donors (Lipinski definition) is 0. The molecule has 2 heterocycles. The van der Waals surface area contributed by atoms with Gasteiger partial charge in [-0.1, -0.05) is 11.6 Å². The summed E-state index contributed by atoms with van der Waals surface area (Å²) in [6, 6.07) is 14.1. The molecule has 3 aromatic rings. The standard InChI is InChI=1S/C20H18ClN5O2/c21-17-5-1-15(2-6-17)19(27)24-9-11-25(12-10-24)20(28)16-3-7-18(8-4-16)26-14-22-13-23-26/h1-8,13-14H,9-12H2.